The predicted molar refractivity (Wildman–Crippen MR) is 120 cm³/mol. The average Bonchev–Trinajstić information content (AvgIpc) is 2.80. The second kappa shape index (κ2) is 11.2. The molecule has 1 aliphatic rings. The molecule has 0 spiro atoms. The largest absolute Gasteiger partial charge is 0.462 e. The monoisotopic (exact) mass is 423 g/mol. The number of carbonyl (C=O) groups excluding carboxylic acids is 3. The Hall–Kier alpha value is -3.35. The van der Waals surface area contributed by atoms with Crippen LogP contribution in [0.5, 0.6) is 0 Å². The van der Waals surface area contributed by atoms with E-state index in [9.17, 15) is 14.4 Å². The van der Waals surface area contributed by atoms with Gasteiger partial charge in [-0.05, 0) is 55.7 Å². The number of para-hydroxylation sites is 1. The third kappa shape index (κ3) is 6.57. The van der Waals surface area contributed by atoms with Gasteiger partial charge in [0.2, 0.25) is 5.91 Å². The Morgan fingerprint density at radius 3 is 2.42 bits per heavy atom. The second-order valence-electron chi connectivity index (χ2n) is 7.64. The first-order valence-corrected chi connectivity index (χ1v) is 10.8. The van der Waals surface area contributed by atoms with E-state index in [2.05, 4.69) is 10.6 Å². The van der Waals surface area contributed by atoms with Crippen LogP contribution in [-0.2, 0) is 9.53 Å². The van der Waals surface area contributed by atoms with E-state index in [-0.39, 0.29) is 23.8 Å². The number of esters is 1. The molecular weight excluding hydrogens is 394 g/mol. The van der Waals surface area contributed by atoms with Crippen molar-refractivity contribution >= 4 is 29.3 Å². The molecule has 31 heavy (non-hydrogen) atoms. The van der Waals surface area contributed by atoms with Crippen LogP contribution >= 0.6 is 0 Å². The van der Waals surface area contributed by atoms with Gasteiger partial charge in [-0.15, -0.1) is 0 Å². The van der Waals surface area contributed by atoms with Crippen LogP contribution in [0.15, 0.2) is 54.6 Å². The number of nitrogens with one attached hydrogen (secondary N) is 2. The van der Waals surface area contributed by atoms with Crippen LogP contribution in [0.4, 0.5) is 16.2 Å². The van der Waals surface area contributed by atoms with E-state index in [1.54, 1.807) is 29.2 Å². The number of hydrogen-bond acceptors (Lipinski definition) is 4. The zero-order chi connectivity index (χ0) is 22.1. The summed E-state index contributed by atoms with van der Waals surface area (Å²) in [7, 11) is 0. The quantitative estimate of drug-likeness (QED) is 0.506. The number of unbranched alkanes of at least 4 members (excludes halogenated alkanes) is 1. The molecule has 1 atom stereocenters. The molecular formula is C24H29N3O4. The van der Waals surface area contributed by atoms with Crippen molar-refractivity contribution in [3.05, 3.63) is 60.2 Å². The van der Waals surface area contributed by atoms with Crippen molar-refractivity contribution in [1.82, 2.24) is 4.90 Å². The fourth-order valence-electron chi connectivity index (χ4n) is 3.43. The highest BCUT2D eigenvalue weighted by Crippen LogP contribution is 2.20. The number of nitrogens with zero attached hydrogens (tertiary/aromatic N) is 1. The number of ether oxygens (including phenoxy) is 1. The molecule has 2 N–H and O–H groups in total. The Morgan fingerprint density at radius 1 is 1.00 bits per heavy atom. The number of rotatable bonds is 7. The van der Waals surface area contributed by atoms with Crippen molar-refractivity contribution < 1.29 is 19.1 Å². The Labute approximate surface area is 182 Å². The van der Waals surface area contributed by atoms with Crippen LogP contribution < -0.4 is 10.6 Å². The maximum atomic E-state index is 12.7. The highest BCUT2D eigenvalue weighted by atomic mass is 16.5. The number of carbonyl (C=O) groups is 3. The topological polar surface area (TPSA) is 87.7 Å². The zero-order valence-corrected chi connectivity index (χ0v) is 17.8. The SMILES string of the molecule is CCCCOC(=O)c1ccc(NC(=O)[C@@H]2CCCN(C(=O)Nc3ccccc3)C2)cc1. The van der Waals surface area contributed by atoms with Gasteiger partial charge in [0.05, 0.1) is 18.1 Å². The number of anilines is 2. The summed E-state index contributed by atoms with van der Waals surface area (Å²) in [5.74, 6) is -0.775. The molecule has 0 saturated carbocycles. The van der Waals surface area contributed by atoms with E-state index >= 15 is 0 Å². The molecule has 1 aliphatic heterocycles. The van der Waals surface area contributed by atoms with E-state index in [0.717, 1.165) is 31.4 Å². The van der Waals surface area contributed by atoms with Gasteiger partial charge in [-0.3, -0.25) is 4.79 Å². The van der Waals surface area contributed by atoms with Gasteiger partial charge in [-0.1, -0.05) is 31.5 Å². The molecule has 2 aromatic rings. The van der Waals surface area contributed by atoms with Gasteiger partial charge in [0.15, 0.2) is 0 Å². The van der Waals surface area contributed by atoms with E-state index in [1.165, 1.54) is 0 Å². The number of hydrogen-bond donors (Lipinski definition) is 2. The number of benzene rings is 2. The molecule has 7 nitrogen and oxygen atoms in total. The third-order valence-corrected chi connectivity index (χ3v) is 5.22. The van der Waals surface area contributed by atoms with E-state index in [4.69, 9.17) is 4.74 Å². The van der Waals surface area contributed by atoms with Crippen molar-refractivity contribution in [2.45, 2.75) is 32.6 Å². The summed E-state index contributed by atoms with van der Waals surface area (Å²) in [6.07, 6.45) is 3.29. The van der Waals surface area contributed by atoms with E-state index in [0.29, 0.717) is 30.9 Å². The summed E-state index contributed by atoms with van der Waals surface area (Å²) in [5, 5.41) is 5.76. The summed E-state index contributed by atoms with van der Waals surface area (Å²) in [6.45, 7) is 3.43. The summed E-state index contributed by atoms with van der Waals surface area (Å²) in [6, 6.07) is 15.7. The van der Waals surface area contributed by atoms with Crippen LogP contribution in [0, 0.1) is 5.92 Å². The van der Waals surface area contributed by atoms with Gasteiger partial charge >= 0.3 is 12.0 Å². The minimum atomic E-state index is -0.362. The van der Waals surface area contributed by atoms with Crippen LogP contribution in [0.1, 0.15) is 43.0 Å². The lowest BCUT2D eigenvalue weighted by atomic mass is 9.97. The van der Waals surface area contributed by atoms with Crippen LogP contribution in [0.25, 0.3) is 0 Å². The first-order valence-electron chi connectivity index (χ1n) is 10.8. The minimum absolute atomic E-state index is 0.129. The molecule has 164 valence electrons. The summed E-state index contributed by atoms with van der Waals surface area (Å²) >= 11 is 0. The molecule has 1 heterocycles. The number of urea groups is 1. The lowest BCUT2D eigenvalue weighted by Gasteiger charge is -2.32. The maximum absolute atomic E-state index is 12.7. The highest BCUT2D eigenvalue weighted by molar-refractivity contribution is 5.95. The van der Waals surface area contributed by atoms with E-state index in [1.807, 2.05) is 37.3 Å². The maximum Gasteiger partial charge on any atom is 0.338 e. The van der Waals surface area contributed by atoms with Crippen molar-refractivity contribution in [2.24, 2.45) is 5.92 Å². The Balaban J connectivity index is 1.51. The molecule has 0 unspecified atom stereocenters. The smallest absolute Gasteiger partial charge is 0.338 e. The molecule has 0 radical (unpaired) electrons. The molecule has 7 heteroatoms. The third-order valence-electron chi connectivity index (χ3n) is 5.22. The van der Waals surface area contributed by atoms with Crippen LogP contribution in [0.2, 0.25) is 0 Å². The summed E-state index contributed by atoms with van der Waals surface area (Å²) in [5.41, 5.74) is 1.80. The molecule has 0 aromatic heterocycles. The molecule has 0 bridgehead atoms. The van der Waals surface area contributed by atoms with Gasteiger partial charge in [0, 0.05) is 24.5 Å². The Kier molecular flexibility index (Phi) is 8.04. The molecule has 1 saturated heterocycles. The van der Waals surface area contributed by atoms with Gasteiger partial charge in [-0.2, -0.15) is 0 Å². The summed E-state index contributed by atoms with van der Waals surface area (Å²) in [4.78, 5) is 38.9. The number of likely N-dealkylation sites (tertiary alicyclic amines) is 1. The zero-order valence-electron chi connectivity index (χ0n) is 17.8. The number of amides is 3. The normalized spacial score (nSPS) is 15.8. The molecule has 3 amide bonds. The first kappa shape index (κ1) is 22.3. The molecule has 3 rings (SSSR count). The summed E-state index contributed by atoms with van der Waals surface area (Å²) < 4.78 is 5.19. The molecule has 2 aromatic carbocycles. The van der Waals surface area contributed by atoms with Crippen LogP contribution in [-0.4, -0.2) is 42.5 Å². The van der Waals surface area contributed by atoms with Gasteiger partial charge in [0.1, 0.15) is 0 Å². The van der Waals surface area contributed by atoms with E-state index < -0.39 is 0 Å². The fraction of sp³-hybridized carbons (Fsp3) is 0.375. The molecule has 1 fully saturated rings. The Bertz CT molecular complexity index is 883. The lowest BCUT2D eigenvalue weighted by Crippen LogP contribution is -2.45. The van der Waals surface area contributed by atoms with Gasteiger partial charge < -0.3 is 20.3 Å². The lowest BCUT2D eigenvalue weighted by molar-refractivity contribution is -0.121. The number of piperidine rings is 1. The standard InChI is InChI=1S/C24H29N3O4/c1-2-3-16-31-23(29)18-11-13-21(14-12-18)25-22(28)19-8-7-15-27(17-19)24(30)26-20-9-5-4-6-10-20/h4-6,9-14,19H,2-3,7-8,15-17H2,1H3,(H,25,28)(H,26,30)/t19-/m1/s1. The minimum Gasteiger partial charge on any atom is -0.462 e. The van der Waals surface area contributed by atoms with Crippen molar-refractivity contribution in [3.8, 4) is 0 Å². The van der Waals surface area contributed by atoms with Crippen LogP contribution in [0.3, 0.4) is 0 Å². The van der Waals surface area contributed by atoms with Crippen molar-refractivity contribution in [1.29, 1.82) is 0 Å². The molecule has 0 aliphatic carbocycles. The second-order valence-corrected chi connectivity index (χ2v) is 7.64. The average molecular weight is 424 g/mol. The van der Waals surface area contributed by atoms with Crippen molar-refractivity contribution in [3.63, 3.8) is 0 Å². The highest BCUT2D eigenvalue weighted by Gasteiger charge is 2.28. The Morgan fingerprint density at radius 2 is 1.71 bits per heavy atom. The fourth-order valence-corrected chi connectivity index (χ4v) is 3.43. The van der Waals surface area contributed by atoms with Gasteiger partial charge in [-0.25, -0.2) is 9.59 Å². The predicted octanol–water partition coefficient (Wildman–Crippen LogP) is 4.53. The van der Waals surface area contributed by atoms with Crippen molar-refractivity contribution in [2.75, 3.05) is 30.3 Å². The van der Waals surface area contributed by atoms with Gasteiger partial charge in [0.25, 0.3) is 0 Å². The first-order chi connectivity index (χ1) is 15.1.